The van der Waals surface area contributed by atoms with Gasteiger partial charge in [0.25, 0.3) is 0 Å². The molecular formula is C19H24N2O2. The molecule has 1 N–H and O–H groups in total. The first kappa shape index (κ1) is 14.8. The van der Waals surface area contributed by atoms with Crippen molar-refractivity contribution in [1.82, 2.24) is 9.88 Å². The summed E-state index contributed by atoms with van der Waals surface area (Å²) in [7, 11) is 0. The van der Waals surface area contributed by atoms with Crippen LogP contribution in [0.2, 0.25) is 0 Å². The van der Waals surface area contributed by atoms with E-state index < -0.39 is 0 Å². The first-order valence-corrected chi connectivity index (χ1v) is 8.55. The number of ether oxygens (including phenoxy) is 1. The number of H-pyrrole nitrogens is 1. The van der Waals surface area contributed by atoms with Crippen molar-refractivity contribution >= 4 is 16.8 Å². The van der Waals surface area contributed by atoms with Crippen LogP contribution in [0.25, 0.3) is 10.9 Å². The van der Waals surface area contributed by atoms with E-state index in [1.54, 1.807) is 0 Å². The second-order valence-corrected chi connectivity index (χ2v) is 7.44. The molecule has 0 bridgehead atoms. The minimum Gasteiger partial charge on any atom is -0.376 e. The number of carbonyl (C=O) groups excluding carboxylic acids is 1. The molecule has 3 heterocycles. The van der Waals surface area contributed by atoms with Crippen molar-refractivity contribution in [3.63, 3.8) is 0 Å². The van der Waals surface area contributed by atoms with Gasteiger partial charge in [-0.2, -0.15) is 0 Å². The monoisotopic (exact) mass is 312 g/mol. The summed E-state index contributed by atoms with van der Waals surface area (Å²) in [5.41, 5.74) is 3.59. The number of amides is 1. The van der Waals surface area contributed by atoms with E-state index in [9.17, 15) is 4.79 Å². The molecule has 0 spiro atoms. The Balaban J connectivity index is 1.56. The number of fused-ring (bicyclic) bond motifs is 3. The van der Waals surface area contributed by atoms with Gasteiger partial charge in [0.05, 0.1) is 5.60 Å². The van der Waals surface area contributed by atoms with Crippen molar-refractivity contribution < 1.29 is 9.53 Å². The molecule has 0 saturated carbocycles. The fraction of sp³-hybridized carbons (Fsp3) is 0.526. The molecule has 2 aliphatic rings. The van der Waals surface area contributed by atoms with E-state index in [0.29, 0.717) is 12.5 Å². The largest absolute Gasteiger partial charge is 0.376 e. The Morgan fingerprint density at radius 1 is 1.35 bits per heavy atom. The van der Waals surface area contributed by atoms with Crippen LogP contribution in [0.15, 0.2) is 24.3 Å². The van der Waals surface area contributed by atoms with Gasteiger partial charge in [-0.3, -0.25) is 4.79 Å². The smallest absolute Gasteiger partial charge is 0.226 e. The summed E-state index contributed by atoms with van der Waals surface area (Å²) in [6.07, 6.45) is 2.59. The van der Waals surface area contributed by atoms with Gasteiger partial charge in [0.2, 0.25) is 5.91 Å². The topological polar surface area (TPSA) is 45.3 Å². The summed E-state index contributed by atoms with van der Waals surface area (Å²) in [5.74, 6) is 0.405. The highest BCUT2D eigenvalue weighted by Crippen LogP contribution is 2.32. The van der Waals surface area contributed by atoms with E-state index in [0.717, 1.165) is 32.4 Å². The zero-order valence-electron chi connectivity index (χ0n) is 13.9. The number of rotatable bonds is 1. The molecule has 1 aromatic carbocycles. The van der Waals surface area contributed by atoms with Crippen molar-refractivity contribution in [3.05, 3.63) is 35.5 Å². The molecule has 4 rings (SSSR count). The number of hydrogen-bond donors (Lipinski definition) is 1. The number of hydrogen-bond acceptors (Lipinski definition) is 2. The van der Waals surface area contributed by atoms with E-state index in [1.165, 1.54) is 22.2 Å². The van der Waals surface area contributed by atoms with Crippen LogP contribution in [0.4, 0.5) is 0 Å². The lowest BCUT2D eigenvalue weighted by atomic mass is 9.87. The zero-order valence-corrected chi connectivity index (χ0v) is 13.9. The third-order valence-electron chi connectivity index (χ3n) is 5.24. The van der Waals surface area contributed by atoms with Gasteiger partial charge in [0.15, 0.2) is 0 Å². The molecule has 1 amide bonds. The average molecular weight is 312 g/mol. The van der Waals surface area contributed by atoms with E-state index >= 15 is 0 Å². The summed E-state index contributed by atoms with van der Waals surface area (Å²) in [6.45, 7) is 6.41. The number of nitrogens with zero attached hydrogens (tertiary/aromatic N) is 1. The molecule has 1 atom stereocenters. The van der Waals surface area contributed by atoms with Gasteiger partial charge in [-0.15, -0.1) is 0 Å². The van der Waals surface area contributed by atoms with Crippen LogP contribution in [0, 0.1) is 5.92 Å². The molecule has 122 valence electrons. The lowest BCUT2D eigenvalue weighted by Crippen LogP contribution is -2.45. The van der Waals surface area contributed by atoms with Crippen LogP contribution >= 0.6 is 0 Å². The summed E-state index contributed by atoms with van der Waals surface area (Å²) in [6, 6.07) is 8.38. The average Bonchev–Trinajstić information content (AvgIpc) is 2.91. The Bertz CT molecular complexity index is 747. The molecule has 0 aliphatic carbocycles. The molecule has 23 heavy (non-hydrogen) atoms. The third kappa shape index (κ3) is 2.65. The summed E-state index contributed by atoms with van der Waals surface area (Å²) < 4.78 is 5.76. The van der Waals surface area contributed by atoms with Crippen molar-refractivity contribution in [2.45, 2.75) is 45.3 Å². The second-order valence-electron chi connectivity index (χ2n) is 7.44. The van der Waals surface area contributed by atoms with Gasteiger partial charge in [0.1, 0.15) is 0 Å². The molecule has 1 fully saturated rings. The number of carbonyl (C=O) groups is 1. The second kappa shape index (κ2) is 5.38. The van der Waals surface area contributed by atoms with Gasteiger partial charge in [0, 0.05) is 54.2 Å². The van der Waals surface area contributed by atoms with Crippen molar-refractivity contribution in [1.29, 1.82) is 0 Å². The van der Waals surface area contributed by atoms with Crippen molar-refractivity contribution in [2.75, 3.05) is 13.2 Å². The Morgan fingerprint density at radius 2 is 2.17 bits per heavy atom. The zero-order chi connectivity index (χ0) is 16.0. The number of aromatic nitrogens is 1. The van der Waals surface area contributed by atoms with Crippen LogP contribution in [0.5, 0.6) is 0 Å². The van der Waals surface area contributed by atoms with E-state index in [-0.39, 0.29) is 11.5 Å². The van der Waals surface area contributed by atoms with Gasteiger partial charge < -0.3 is 14.6 Å². The fourth-order valence-corrected chi connectivity index (χ4v) is 4.06. The molecule has 2 aromatic rings. The molecule has 0 unspecified atom stereocenters. The van der Waals surface area contributed by atoms with Crippen LogP contribution in [0.3, 0.4) is 0 Å². The Labute approximate surface area is 136 Å². The maximum absolute atomic E-state index is 13.0. The minimum absolute atomic E-state index is 0.102. The van der Waals surface area contributed by atoms with Gasteiger partial charge in [-0.1, -0.05) is 18.2 Å². The van der Waals surface area contributed by atoms with Crippen LogP contribution in [-0.2, 0) is 22.5 Å². The third-order valence-corrected chi connectivity index (χ3v) is 5.24. The van der Waals surface area contributed by atoms with Crippen molar-refractivity contribution in [3.8, 4) is 0 Å². The molecule has 4 heteroatoms. The number of para-hydroxylation sites is 1. The lowest BCUT2D eigenvalue weighted by Gasteiger charge is -2.38. The predicted octanol–water partition coefficient (Wildman–Crippen LogP) is 3.26. The van der Waals surface area contributed by atoms with Crippen LogP contribution in [0.1, 0.15) is 37.9 Å². The van der Waals surface area contributed by atoms with E-state index in [4.69, 9.17) is 4.74 Å². The molecule has 1 saturated heterocycles. The molecule has 4 nitrogen and oxygen atoms in total. The quantitative estimate of drug-likeness (QED) is 0.878. The summed E-state index contributed by atoms with van der Waals surface area (Å²) in [4.78, 5) is 18.5. The van der Waals surface area contributed by atoms with Gasteiger partial charge in [-0.25, -0.2) is 0 Å². The number of benzene rings is 1. The lowest BCUT2D eigenvalue weighted by molar-refractivity contribution is -0.146. The fourth-order valence-electron chi connectivity index (χ4n) is 4.06. The Hall–Kier alpha value is -1.81. The molecular weight excluding hydrogens is 288 g/mol. The highest BCUT2D eigenvalue weighted by atomic mass is 16.5. The molecule has 2 aliphatic heterocycles. The van der Waals surface area contributed by atoms with Crippen LogP contribution < -0.4 is 0 Å². The number of nitrogens with one attached hydrogen (secondary N) is 1. The summed E-state index contributed by atoms with van der Waals surface area (Å²) >= 11 is 0. The number of aromatic amines is 1. The molecule has 1 aromatic heterocycles. The summed E-state index contributed by atoms with van der Waals surface area (Å²) in [5, 5.41) is 1.26. The Kier molecular flexibility index (Phi) is 3.45. The van der Waals surface area contributed by atoms with Gasteiger partial charge >= 0.3 is 0 Å². The van der Waals surface area contributed by atoms with Crippen molar-refractivity contribution in [2.24, 2.45) is 5.92 Å². The first-order valence-electron chi connectivity index (χ1n) is 8.55. The maximum Gasteiger partial charge on any atom is 0.226 e. The normalized spacial score (nSPS) is 23.7. The van der Waals surface area contributed by atoms with E-state index in [2.05, 4.69) is 48.0 Å². The highest BCUT2D eigenvalue weighted by molar-refractivity contribution is 5.86. The maximum atomic E-state index is 13.0. The Morgan fingerprint density at radius 3 is 3.00 bits per heavy atom. The van der Waals surface area contributed by atoms with Crippen LogP contribution in [-0.4, -0.2) is 34.5 Å². The minimum atomic E-state index is -0.180. The van der Waals surface area contributed by atoms with Gasteiger partial charge in [-0.05, 0) is 32.8 Å². The molecule has 0 radical (unpaired) electrons. The predicted molar refractivity (Wildman–Crippen MR) is 90.2 cm³/mol. The van der Waals surface area contributed by atoms with E-state index in [1.807, 2.05) is 0 Å². The standard InChI is InChI=1S/C19H24N2O2/c1-19(2)11-13(8-10-23-19)18(22)21-9-7-17-15(12-21)14-5-3-4-6-16(14)20-17/h3-6,13,20H,7-12H2,1-2H3/t13-/m1/s1. The SMILES string of the molecule is CC1(C)C[C@H](C(=O)N2CCc3[nH]c4ccccc4c3C2)CCO1. The first-order chi connectivity index (χ1) is 11.0. The highest BCUT2D eigenvalue weighted by Gasteiger charge is 2.36.